The van der Waals surface area contributed by atoms with E-state index >= 15 is 0 Å². The molecular formula is C3H7BLi2O13S2. The third kappa shape index (κ3) is 65.1. The minimum atomic E-state index is -4.93. The van der Waals surface area contributed by atoms with Gasteiger partial charge in [-0.1, -0.05) is 0 Å². The molecule has 114 valence electrons. The molecule has 0 heterocycles. The zero-order valence-electron chi connectivity index (χ0n) is 10.6. The Kier molecular flexibility index (Phi) is 23.1. The molecule has 0 radical (unpaired) electrons. The number of carbonyl (C=O) groups is 2. The summed E-state index contributed by atoms with van der Waals surface area (Å²) in [6.45, 7) is 0. The van der Waals surface area contributed by atoms with E-state index in [-0.39, 0.29) is 37.7 Å². The van der Waals surface area contributed by atoms with Crippen molar-refractivity contribution < 1.29 is 98.5 Å². The van der Waals surface area contributed by atoms with Gasteiger partial charge in [-0.25, -0.2) is 26.4 Å². The molecule has 0 aromatic rings. The first-order valence-electron chi connectivity index (χ1n) is 3.46. The first-order valence-corrected chi connectivity index (χ1v) is 6.61. The predicted molar refractivity (Wildman–Crippen MR) is 51.9 cm³/mol. The Morgan fingerprint density at radius 2 is 0.952 bits per heavy atom. The van der Waals surface area contributed by atoms with E-state index in [4.69, 9.17) is 34.9 Å². The van der Waals surface area contributed by atoms with Crippen LogP contribution in [0.4, 0.5) is 0 Å². The standard InChI is InChI=1S/C2H2O4.CH4O6S2.BH3O3.2Li/c3-1(4)2(5)6;2-8(3,4)1-9(5,6)7;2-1(3)4;;/h(H,3,4)(H,5,6);1H2,(H,2,3,4)(H,5,6,7);2-4H;;/q;;;2*+1/p-2. The van der Waals surface area contributed by atoms with Gasteiger partial charge in [-0.15, -0.1) is 0 Å². The van der Waals surface area contributed by atoms with Crippen molar-refractivity contribution in [1.82, 2.24) is 0 Å². The van der Waals surface area contributed by atoms with Crippen molar-refractivity contribution in [2.45, 2.75) is 0 Å². The molecule has 0 rings (SSSR count). The number of aliphatic carboxylic acids is 2. The van der Waals surface area contributed by atoms with Crippen LogP contribution in [0.3, 0.4) is 0 Å². The van der Waals surface area contributed by atoms with Crippen LogP contribution < -0.4 is 37.7 Å². The number of carboxylic acid groups (broad SMARTS) is 2. The zero-order valence-corrected chi connectivity index (χ0v) is 12.2. The normalized spacial score (nSPS) is 9.19. The van der Waals surface area contributed by atoms with Crippen LogP contribution in [0.25, 0.3) is 0 Å². The van der Waals surface area contributed by atoms with Gasteiger partial charge in [0.1, 0.15) is 25.3 Å². The van der Waals surface area contributed by atoms with E-state index in [0.717, 1.165) is 0 Å². The van der Waals surface area contributed by atoms with Crippen LogP contribution in [0.2, 0.25) is 0 Å². The minimum Gasteiger partial charge on any atom is -0.747 e. The molecule has 13 nitrogen and oxygen atoms in total. The third-order valence-corrected chi connectivity index (χ3v) is 2.78. The summed E-state index contributed by atoms with van der Waals surface area (Å²) < 4.78 is 57.1. The summed E-state index contributed by atoms with van der Waals surface area (Å²) in [5, 5.41) is 34.4. The maximum atomic E-state index is 9.51. The van der Waals surface area contributed by atoms with Crippen LogP contribution in [-0.4, -0.2) is 75.6 Å². The Bertz CT molecular complexity index is 437. The molecular weight excluding hydrogens is 333 g/mol. The summed E-state index contributed by atoms with van der Waals surface area (Å²) in [6.07, 6.45) is 0. The maximum Gasteiger partial charge on any atom is 1.00 e. The zero-order chi connectivity index (χ0) is 16.4. The van der Waals surface area contributed by atoms with Crippen molar-refractivity contribution in [3.8, 4) is 0 Å². The molecule has 5 N–H and O–H groups in total. The van der Waals surface area contributed by atoms with Gasteiger partial charge in [0.25, 0.3) is 0 Å². The fraction of sp³-hybridized carbons (Fsp3) is 0.333. The van der Waals surface area contributed by atoms with Gasteiger partial charge in [0, 0.05) is 0 Å². The summed E-state index contributed by atoms with van der Waals surface area (Å²) in [5.74, 6) is -3.65. The number of hydrogen-bond acceptors (Lipinski definition) is 11. The average Bonchev–Trinajstić information content (AvgIpc) is 1.95. The van der Waals surface area contributed by atoms with E-state index in [2.05, 4.69) is 0 Å². The molecule has 0 aliphatic carbocycles. The summed E-state index contributed by atoms with van der Waals surface area (Å²) >= 11 is 0. The molecule has 0 aromatic heterocycles. The van der Waals surface area contributed by atoms with Gasteiger partial charge in [-0.2, -0.15) is 0 Å². The topological polar surface area (TPSA) is 250 Å². The van der Waals surface area contributed by atoms with Crippen LogP contribution >= 0.6 is 0 Å². The molecule has 0 atom stereocenters. The number of hydrogen-bond donors (Lipinski definition) is 5. The molecule has 0 spiro atoms. The van der Waals surface area contributed by atoms with E-state index in [0.29, 0.717) is 0 Å². The van der Waals surface area contributed by atoms with Crippen molar-refractivity contribution in [2.75, 3.05) is 5.08 Å². The summed E-state index contributed by atoms with van der Waals surface area (Å²) in [4.78, 5) is 18.2. The predicted octanol–water partition coefficient (Wildman–Crippen LogP) is -10.9. The molecule has 0 bridgehead atoms. The molecule has 0 aliphatic rings. The van der Waals surface area contributed by atoms with Gasteiger partial charge in [-0.3, -0.25) is 0 Å². The number of carboxylic acids is 2. The molecule has 0 aromatic carbocycles. The third-order valence-electron chi connectivity index (χ3n) is 0.472. The second kappa shape index (κ2) is 14.8. The Balaban J connectivity index is -0.0000000627. The van der Waals surface area contributed by atoms with Gasteiger partial charge < -0.3 is 34.4 Å². The molecule has 0 unspecified atom stereocenters. The van der Waals surface area contributed by atoms with Gasteiger partial charge in [0.2, 0.25) is 0 Å². The Labute approximate surface area is 143 Å². The largest absolute Gasteiger partial charge is 1.00 e. The first-order chi connectivity index (χ1) is 8.08. The minimum absolute atomic E-state index is 0. The fourth-order valence-corrected chi connectivity index (χ4v) is 1.59. The molecule has 0 fully saturated rings. The molecule has 21 heavy (non-hydrogen) atoms. The van der Waals surface area contributed by atoms with Crippen LogP contribution in [0, 0.1) is 0 Å². The smallest absolute Gasteiger partial charge is 0.747 e. The number of rotatable bonds is 2. The first kappa shape index (κ1) is 32.7. The summed E-state index contributed by atoms with van der Waals surface area (Å²) in [6, 6.07) is 0. The SMILES string of the molecule is O=C(O)C(=O)O.O=S(=O)([O-])CS(=O)(=O)[O-].OB(O)O.[Li+].[Li+]. The van der Waals surface area contributed by atoms with E-state index in [1.807, 2.05) is 0 Å². The summed E-state index contributed by atoms with van der Waals surface area (Å²) in [7, 11) is -12.0. The quantitative estimate of drug-likeness (QED) is 0.178. The fourth-order valence-electron chi connectivity index (χ4n) is 0.177. The van der Waals surface area contributed by atoms with E-state index in [1.165, 1.54) is 0 Å². The second-order valence-corrected chi connectivity index (χ2v) is 5.36. The van der Waals surface area contributed by atoms with Crippen LogP contribution in [0.15, 0.2) is 0 Å². The van der Waals surface area contributed by atoms with Crippen molar-refractivity contribution in [2.24, 2.45) is 0 Å². The molecule has 0 amide bonds. The van der Waals surface area contributed by atoms with E-state index < -0.39 is 44.6 Å². The Morgan fingerprint density at radius 1 is 0.810 bits per heavy atom. The Morgan fingerprint density at radius 3 is 0.952 bits per heavy atom. The van der Waals surface area contributed by atoms with Crippen LogP contribution in [-0.2, 0) is 29.8 Å². The molecule has 0 saturated heterocycles. The van der Waals surface area contributed by atoms with Crippen molar-refractivity contribution in [3.63, 3.8) is 0 Å². The molecule has 0 aliphatic heterocycles. The van der Waals surface area contributed by atoms with Crippen LogP contribution in [0.1, 0.15) is 0 Å². The van der Waals surface area contributed by atoms with Gasteiger partial charge in [0.05, 0.1) is 0 Å². The van der Waals surface area contributed by atoms with Gasteiger partial charge in [-0.05, 0) is 0 Å². The van der Waals surface area contributed by atoms with Gasteiger partial charge in [0.15, 0.2) is 0 Å². The Hall–Kier alpha value is -0.100. The van der Waals surface area contributed by atoms with Gasteiger partial charge >= 0.3 is 57.0 Å². The monoisotopic (exact) mass is 340 g/mol. The van der Waals surface area contributed by atoms with Crippen molar-refractivity contribution in [3.05, 3.63) is 0 Å². The maximum absolute atomic E-state index is 9.51. The van der Waals surface area contributed by atoms with Crippen molar-refractivity contribution >= 4 is 39.5 Å². The average molecular weight is 340 g/mol. The van der Waals surface area contributed by atoms with Crippen molar-refractivity contribution in [1.29, 1.82) is 0 Å². The molecule has 0 saturated carbocycles. The van der Waals surface area contributed by atoms with E-state index in [9.17, 15) is 25.9 Å². The molecule has 18 heteroatoms. The summed E-state index contributed by atoms with van der Waals surface area (Å²) in [5.41, 5.74) is 0. The van der Waals surface area contributed by atoms with E-state index in [1.54, 1.807) is 0 Å². The second-order valence-electron chi connectivity index (χ2n) is 2.19. The van der Waals surface area contributed by atoms with Crippen LogP contribution in [0.5, 0.6) is 0 Å².